The van der Waals surface area contributed by atoms with Crippen LogP contribution in [0.3, 0.4) is 0 Å². The van der Waals surface area contributed by atoms with Crippen LogP contribution in [0, 0.1) is 11.8 Å². The summed E-state index contributed by atoms with van der Waals surface area (Å²) in [7, 11) is 0. The highest BCUT2D eigenvalue weighted by Gasteiger charge is 2.40. The third-order valence-electron chi connectivity index (χ3n) is 8.67. The third-order valence-corrected chi connectivity index (χ3v) is 8.67. The van der Waals surface area contributed by atoms with Gasteiger partial charge in [0.2, 0.25) is 0 Å². The van der Waals surface area contributed by atoms with Crippen LogP contribution < -0.4 is 4.74 Å². The van der Waals surface area contributed by atoms with E-state index in [-0.39, 0.29) is 17.1 Å². The molecule has 2 N–H and O–H groups in total. The summed E-state index contributed by atoms with van der Waals surface area (Å²) in [5.41, 5.74) is 2.42. The number of ether oxygens (including phenoxy) is 2. The molecule has 2 aliphatic carbocycles. The Balaban J connectivity index is 1.24. The molecule has 1 unspecified atom stereocenters. The van der Waals surface area contributed by atoms with E-state index >= 15 is 0 Å². The lowest BCUT2D eigenvalue weighted by Gasteiger charge is -2.43. The van der Waals surface area contributed by atoms with Crippen molar-refractivity contribution in [3.63, 3.8) is 0 Å². The number of phenolic OH excluding ortho intramolecular Hbond substituents is 2. The second kappa shape index (κ2) is 15.2. The number of allylic oxidation sites excluding steroid dienone is 2. The quantitative estimate of drug-likeness (QED) is 0.177. The average molecular weight is 533 g/mol. The minimum atomic E-state index is -0.170. The van der Waals surface area contributed by atoms with Gasteiger partial charge in [-0.3, -0.25) is 0 Å². The standard InChI is InChI=1S/C35H48O4/c1-2-3-7-12-28-15-17-31(18-16-28)35(23-21-30(22-24-35)29-13-8-6-9-14-29)39-26-11-5-4-10-25-38-32-19-20-33(36)34(37)27-32/h6,8-9,13-14,19-23,27-28,31,36-37H,2-5,7,10-12,15-18,24-26H2,1H3. The van der Waals surface area contributed by atoms with Gasteiger partial charge in [0.1, 0.15) is 5.75 Å². The molecule has 39 heavy (non-hydrogen) atoms. The molecule has 0 radical (unpaired) electrons. The van der Waals surface area contributed by atoms with Crippen molar-refractivity contribution in [2.45, 2.75) is 96.0 Å². The van der Waals surface area contributed by atoms with Crippen molar-refractivity contribution in [3.8, 4) is 17.2 Å². The zero-order chi connectivity index (χ0) is 27.3. The number of rotatable bonds is 15. The summed E-state index contributed by atoms with van der Waals surface area (Å²) in [5.74, 6) is 1.81. The predicted octanol–water partition coefficient (Wildman–Crippen LogP) is 9.22. The first-order chi connectivity index (χ1) is 19.1. The molecule has 4 rings (SSSR count). The van der Waals surface area contributed by atoms with Gasteiger partial charge in [0.15, 0.2) is 11.5 Å². The summed E-state index contributed by atoms with van der Waals surface area (Å²) < 4.78 is 12.5. The van der Waals surface area contributed by atoms with E-state index in [1.165, 1.54) is 74.6 Å². The average Bonchev–Trinajstić information content (AvgIpc) is 2.97. The van der Waals surface area contributed by atoms with Gasteiger partial charge in [-0.05, 0) is 73.6 Å². The molecule has 2 aromatic carbocycles. The molecular formula is C35H48O4. The molecule has 0 spiro atoms. The van der Waals surface area contributed by atoms with Crippen LogP contribution >= 0.6 is 0 Å². The summed E-state index contributed by atoms with van der Waals surface area (Å²) in [6.45, 7) is 3.69. The Labute approximate surface area is 235 Å². The van der Waals surface area contributed by atoms with Gasteiger partial charge in [0.25, 0.3) is 0 Å². The Morgan fingerprint density at radius 1 is 0.821 bits per heavy atom. The molecule has 0 saturated heterocycles. The lowest BCUT2D eigenvalue weighted by atomic mass is 9.69. The van der Waals surface area contributed by atoms with Crippen LogP contribution in [0.5, 0.6) is 17.2 Å². The first-order valence-corrected chi connectivity index (χ1v) is 15.3. The second-order valence-electron chi connectivity index (χ2n) is 11.5. The Bertz CT molecular complexity index is 1050. The molecule has 1 saturated carbocycles. The van der Waals surface area contributed by atoms with E-state index in [4.69, 9.17) is 9.47 Å². The lowest BCUT2D eigenvalue weighted by molar-refractivity contribution is -0.0648. The maximum Gasteiger partial charge on any atom is 0.161 e. The maximum absolute atomic E-state index is 9.60. The van der Waals surface area contributed by atoms with Gasteiger partial charge in [0, 0.05) is 12.7 Å². The van der Waals surface area contributed by atoms with E-state index in [0.29, 0.717) is 18.3 Å². The van der Waals surface area contributed by atoms with Crippen LogP contribution in [0.4, 0.5) is 0 Å². The molecule has 0 aliphatic heterocycles. The molecule has 212 valence electrons. The van der Waals surface area contributed by atoms with Crippen LogP contribution in [0.25, 0.3) is 5.57 Å². The van der Waals surface area contributed by atoms with Crippen LogP contribution in [0.1, 0.15) is 96.0 Å². The monoisotopic (exact) mass is 532 g/mol. The van der Waals surface area contributed by atoms with E-state index in [2.05, 4.69) is 55.5 Å². The summed E-state index contributed by atoms with van der Waals surface area (Å²) in [6, 6.07) is 15.3. The van der Waals surface area contributed by atoms with Crippen molar-refractivity contribution in [2.75, 3.05) is 13.2 Å². The molecule has 0 heterocycles. The molecular weight excluding hydrogens is 484 g/mol. The Kier molecular flexibility index (Phi) is 11.4. The van der Waals surface area contributed by atoms with Crippen LogP contribution in [0.15, 0.2) is 66.8 Å². The van der Waals surface area contributed by atoms with E-state index in [9.17, 15) is 10.2 Å². The van der Waals surface area contributed by atoms with Gasteiger partial charge in [0.05, 0.1) is 12.2 Å². The van der Waals surface area contributed by atoms with Gasteiger partial charge in [-0.1, -0.05) is 100 Å². The highest BCUT2D eigenvalue weighted by atomic mass is 16.5. The summed E-state index contributed by atoms with van der Waals surface area (Å²) in [5, 5.41) is 19.0. The van der Waals surface area contributed by atoms with Crippen molar-refractivity contribution in [2.24, 2.45) is 11.8 Å². The molecule has 1 atom stereocenters. The Morgan fingerprint density at radius 3 is 2.28 bits per heavy atom. The predicted molar refractivity (Wildman–Crippen MR) is 160 cm³/mol. The normalized spacial score (nSPS) is 22.9. The molecule has 0 amide bonds. The molecule has 4 heteroatoms. The van der Waals surface area contributed by atoms with Gasteiger partial charge >= 0.3 is 0 Å². The summed E-state index contributed by atoms with van der Waals surface area (Å²) >= 11 is 0. The number of aromatic hydroxyl groups is 2. The minimum absolute atomic E-state index is 0.125. The maximum atomic E-state index is 9.60. The number of phenols is 2. The fourth-order valence-corrected chi connectivity index (χ4v) is 6.23. The number of hydrogen-bond acceptors (Lipinski definition) is 4. The van der Waals surface area contributed by atoms with E-state index in [0.717, 1.165) is 44.6 Å². The first kappa shape index (κ1) is 29.3. The largest absolute Gasteiger partial charge is 0.504 e. The SMILES string of the molecule is CCCCCC1CCC(C2(OCCCCCCOc3ccc(O)c(O)c3)C=CC(c3ccccc3)=CC2)CC1. The van der Waals surface area contributed by atoms with Crippen molar-refractivity contribution >= 4 is 5.57 Å². The highest BCUT2D eigenvalue weighted by Crippen LogP contribution is 2.44. The van der Waals surface area contributed by atoms with Crippen molar-refractivity contribution in [1.29, 1.82) is 0 Å². The van der Waals surface area contributed by atoms with E-state index in [1.54, 1.807) is 6.07 Å². The number of hydrogen-bond donors (Lipinski definition) is 2. The topological polar surface area (TPSA) is 58.9 Å². The molecule has 0 bridgehead atoms. The van der Waals surface area contributed by atoms with Gasteiger partial charge in [-0.15, -0.1) is 0 Å². The zero-order valence-corrected chi connectivity index (χ0v) is 23.8. The second-order valence-corrected chi connectivity index (χ2v) is 11.5. The lowest BCUT2D eigenvalue weighted by Crippen LogP contribution is -2.42. The van der Waals surface area contributed by atoms with E-state index < -0.39 is 0 Å². The molecule has 4 nitrogen and oxygen atoms in total. The first-order valence-electron chi connectivity index (χ1n) is 15.3. The summed E-state index contributed by atoms with van der Waals surface area (Å²) in [6.07, 6.45) is 23.0. The van der Waals surface area contributed by atoms with Crippen molar-refractivity contribution < 1.29 is 19.7 Å². The van der Waals surface area contributed by atoms with Gasteiger partial charge in [-0.25, -0.2) is 0 Å². The van der Waals surface area contributed by atoms with Crippen molar-refractivity contribution in [3.05, 3.63) is 72.3 Å². The molecule has 2 aliphatic rings. The zero-order valence-electron chi connectivity index (χ0n) is 23.8. The summed E-state index contributed by atoms with van der Waals surface area (Å²) in [4.78, 5) is 0. The van der Waals surface area contributed by atoms with Crippen LogP contribution in [-0.4, -0.2) is 29.0 Å². The highest BCUT2D eigenvalue weighted by molar-refractivity contribution is 5.75. The van der Waals surface area contributed by atoms with Crippen LogP contribution in [-0.2, 0) is 4.74 Å². The third kappa shape index (κ3) is 8.63. The number of benzene rings is 2. The Morgan fingerprint density at radius 2 is 1.59 bits per heavy atom. The minimum Gasteiger partial charge on any atom is -0.504 e. The van der Waals surface area contributed by atoms with E-state index in [1.807, 2.05) is 0 Å². The van der Waals surface area contributed by atoms with Gasteiger partial charge in [-0.2, -0.15) is 0 Å². The van der Waals surface area contributed by atoms with Gasteiger partial charge < -0.3 is 19.7 Å². The van der Waals surface area contributed by atoms with Crippen molar-refractivity contribution in [1.82, 2.24) is 0 Å². The number of unbranched alkanes of at least 4 members (excludes halogenated alkanes) is 5. The fourth-order valence-electron chi connectivity index (χ4n) is 6.23. The van der Waals surface area contributed by atoms with Crippen LogP contribution in [0.2, 0.25) is 0 Å². The molecule has 0 aromatic heterocycles. The fraction of sp³-hybridized carbons (Fsp3) is 0.543. The smallest absolute Gasteiger partial charge is 0.161 e. The molecule has 2 aromatic rings. The molecule has 1 fully saturated rings. The Hall–Kier alpha value is -2.72.